The summed E-state index contributed by atoms with van der Waals surface area (Å²) >= 11 is 6.24. The summed E-state index contributed by atoms with van der Waals surface area (Å²) in [7, 11) is 4.28. The predicted octanol–water partition coefficient (Wildman–Crippen LogP) is 1.75. The van der Waals surface area contributed by atoms with Crippen LogP contribution < -0.4 is 14.8 Å². The van der Waals surface area contributed by atoms with E-state index < -0.39 is 5.97 Å². The van der Waals surface area contributed by atoms with Gasteiger partial charge in [-0.05, 0) is 18.1 Å². The molecule has 1 amide bonds. The summed E-state index contributed by atoms with van der Waals surface area (Å²) in [5, 5.41) is 3.09. The molecule has 0 aliphatic carbocycles. The molecule has 7 heteroatoms. The van der Waals surface area contributed by atoms with Gasteiger partial charge in [0.05, 0.1) is 26.4 Å². The first-order valence-electron chi connectivity index (χ1n) is 6.46. The predicted molar refractivity (Wildman–Crippen MR) is 82.4 cm³/mol. The van der Waals surface area contributed by atoms with Gasteiger partial charge in [0.2, 0.25) is 5.91 Å². The number of hydrogen-bond donors (Lipinski definition) is 1. The van der Waals surface area contributed by atoms with Crippen LogP contribution >= 0.6 is 11.6 Å². The van der Waals surface area contributed by atoms with E-state index in [2.05, 4.69) is 10.1 Å². The second-order valence-corrected chi connectivity index (χ2v) is 4.55. The molecule has 0 heterocycles. The SMILES string of the molecule is COC(=O)/C=C/C(=O)NCCc1ccc(OC)c(OC)c1Cl. The Labute approximate surface area is 134 Å². The maximum absolute atomic E-state index is 11.5. The normalized spacial score (nSPS) is 10.4. The number of benzene rings is 1. The number of hydrogen-bond acceptors (Lipinski definition) is 5. The largest absolute Gasteiger partial charge is 0.493 e. The standard InChI is InChI=1S/C15H18ClNO5/c1-20-11-5-4-10(14(16)15(11)22-3)8-9-17-12(18)6-7-13(19)21-2/h4-7H,8-9H2,1-3H3,(H,17,18)/b7-6+. The van der Waals surface area contributed by atoms with Crippen molar-refractivity contribution in [1.29, 1.82) is 0 Å². The van der Waals surface area contributed by atoms with Crippen molar-refractivity contribution in [2.45, 2.75) is 6.42 Å². The Bertz CT molecular complexity index is 571. The zero-order valence-corrected chi connectivity index (χ0v) is 13.4. The van der Waals surface area contributed by atoms with Gasteiger partial charge >= 0.3 is 5.97 Å². The molecule has 120 valence electrons. The molecule has 1 rings (SSSR count). The third-order valence-corrected chi connectivity index (χ3v) is 3.24. The average Bonchev–Trinajstić information content (AvgIpc) is 2.53. The number of rotatable bonds is 7. The van der Waals surface area contributed by atoms with Gasteiger partial charge in [-0.25, -0.2) is 4.79 Å². The number of carbonyl (C=O) groups excluding carboxylic acids is 2. The molecule has 0 atom stereocenters. The molecule has 0 unspecified atom stereocenters. The fraction of sp³-hybridized carbons (Fsp3) is 0.333. The summed E-state index contributed by atoms with van der Waals surface area (Å²) < 4.78 is 14.7. The van der Waals surface area contributed by atoms with Crippen LogP contribution in [-0.4, -0.2) is 39.8 Å². The van der Waals surface area contributed by atoms with Crippen LogP contribution in [0.5, 0.6) is 11.5 Å². The molecule has 0 aromatic heterocycles. The molecule has 0 aliphatic rings. The van der Waals surface area contributed by atoms with Crippen molar-refractivity contribution in [1.82, 2.24) is 5.32 Å². The molecule has 22 heavy (non-hydrogen) atoms. The van der Waals surface area contributed by atoms with E-state index in [1.165, 1.54) is 21.3 Å². The van der Waals surface area contributed by atoms with Crippen LogP contribution in [0.2, 0.25) is 5.02 Å². The van der Waals surface area contributed by atoms with E-state index in [1.807, 2.05) is 0 Å². The summed E-state index contributed by atoms with van der Waals surface area (Å²) in [5.74, 6) is 0.0277. The summed E-state index contributed by atoms with van der Waals surface area (Å²) in [6.45, 7) is 0.361. The van der Waals surface area contributed by atoms with Crippen LogP contribution in [0.1, 0.15) is 5.56 Å². The van der Waals surface area contributed by atoms with Crippen molar-refractivity contribution in [3.05, 3.63) is 34.9 Å². The first kappa shape index (κ1) is 17.8. The number of methoxy groups -OCH3 is 3. The van der Waals surface area contributed by atoms with Crippen LogP contribution in [0.25, 0.3) is 0 Å². The number of amides is 1. The molecule has 1 aromatic carbocycles. The lowest BCUT2D eigenvalue weighted by molar-refractivity contribution is -0.135. The fourth-order valence-corrected chi connectivity index (χ4v) is 2.04. The highest BCUT2D eigenvalue weighted by Gasteiger charge is 2.12. The van der Waals surface area contributed by atoms with Crippen LogP contribution in [0.15, 0.2) is 24.3 Å². The molecule has 0 saturated heterocycles. The van der Waals surface area contributed by atoms with E-state index in [-0.39, 0.29) is 5.91 Å². The van der Waals surface area contributed by atoms with Crippen molar-refractivity contribution in [2.24, 2.45) is 0 Å². The van der Waals surface area contributed by atoms with Crippen molar-refractivity contribution in [3.8, 4) is 11.5 Å². The highest BCUT2D eigenvalue weighted by atomic mass is 35.5. The van der Waals surface area contributed by atoms with Gasteiger partial charge in [0.25, 0.3) is 0 Å². The summed E-state index contributed by atoms with van der Waals surface area (Å²) in [4.78, 5) is 22.3. The smallest absolute Gasteiger partial charge is 0.330 e. The molecule has 0 radical (unpaired) electrons. The molecule has 1 aromatic rings. The number of nitrogens with one attached hydrogen (secondary N) is 1. The quantitative estimate of drug-likeness (QED) is 0.610. The minimum absolute atomic E-state index is 0.361. The van der Waals surface area contributed by atoms with Crippen molar-refractivity contribution in [3.63, 3.8) is 0 Å². The van der Waals surface area contributed by atoms with Crippen molar-refractivity contribution < 1.29 is 23.8 Å². The van der Waals surface area contributed by atoms with Gasteiger partial charge in [-0.3, -0.25) is 4.79 Å². The third-order valence-electron chi connectivity index (χ3n) is 2.83. The van der Waals surface area contributed by atoms with Crippen LogP contribution in [0.3, 0.4) is 0 Å². The van der Waals surface area contributed by atoms with E-state index in [0.717, 1.165) is 17.7 Å². The van der Waals surface area contributed by atoms with E-state index >= 15 is 0 Å². The number of carbonyl (C=O) groups is 2. The summed E-state index contributed by atoms with van der Waals surface area (Å²) in [6, 6.07) is 3.55. The summed E-state index contributed by atoms with van der Waals surface area (Å²) in [5.41, 5.74) is 0.816. The molecule has 0 bridgehead atoms. The molecule has 6 nitrogen and oxygen atoms in total. The Morgan fingerprint density at radius 3 is 2.50 bits per heavy atom. The number of halogens is 1. The lowest BCUT2D eigenvalue weighted by atomic mass is 10.1. The van der Waals surface area contributed by atoms with E-state index in [9.17, 15) is 9.59 Å². The van der Waals surface area contributed by atoms with Gasteiger partial charge in [0.1, 0.15) is 0 Å². The van der Waals surface area contributed by atoms with E-state index in [1.54, 1.807) is 12.1 Å². The highest BCUT2D eigenvalue weighted by Crippen LogP contribution is 2.37. The average molecular weight is 328 g/mol. The Hall–Kier alpha value is -2.21. The van der Waals surface area contributed by atoms with Crippen molar-refractivity contribution in [2.75, 3.05) is 27.9 Å². The maximum atomic E-state index is 11.5. The summed E-state index contributed by atoms with van der Waals surface area (Å²) in [6.07, 6.45) is 2.68. The van der Waals surface area contributed by atoms with Crippen LogP contribution in [-0.2, 0) is 20.7 Å². The molecule has 1 N–H and O–H groups in total. The Morgan fingerprint density at radius 1 is 1.18 bits per heavy atom. The second kappa shape index (κ2) is 8.94. The van der Waals surface area contributed by atoms with E-state index in [4.69, 9.17) is 21.1 Å². The van der Waals surface area contributed by atoms with Crippen molar-refractivity contribution >= 4 is 23.5 Å². The Balaban J connectivity index is 2.60. The number of esters is 1. The lowest BCUT2D eigenvalue weighted by Gasteiger charge is -2.12. The van der Waals surface area contributed by atoms with Gasteiger partial charge in [-0.2, -0.15) is 0 Å². The first-order valence-corrected chi connectivity index (χ1v) is 6.84. The van der Waals surface area contributed by atoms with Gasteiger partial charge in [0.15, 0.2) is 11.5 Å². The zero-order chi connectivity index (χ0) is 16.5. The van der Waals surface area contributed by atoms with E-state index in [0.29, 0.717) is 29.5 Å². The lowest BCUT2D eigenvalue weighted by Crippen LogP contribution is -2.24. The monoisotopic (exact) mass is 327 g/mol. The Morgan fingerprint density at radius 2 is 1.91 bits per heavy atom. The third kappa shape index (κ3) is 4.96. The van der Waals surface area contributed by atoms with Gasteiger partial charge in [-0.1, -0.05) is 17.7 Å². The van der Waals surface area contributed by atoms with Gasteiger partial charge < -0.3 is 19.5 Å². The second-order valence-electron chi connectivity index (χ2n) is 4.17. The molecule has 0 saturated carbocycles. The molecule has 0 spiro atoms. The minimum Gasteiger partial charge on any atom is -0.493 e. The number of ether oxygens (including phenoxy) is 3. The topological polar surface area (TPSA) is 73.9 Å². The van der Waals surface area contributed by atoms with Crippen LogP contribution in [0.4, 0.5) is 0 Å². The zero-order valence-electron chi connectivity index (χ0n) is 12.6. The molecule has 0 fully saturated rings. The highest BCUT2D eigenvalue weighted by molar-refractivity contribution is 6.33. The molecular weight excluding hydrogens is 310 g/mol. The van der Waals surface area contributed by atoms with Gasteiger partial charge in [-0.15, -0.1) is 0 Å². The molecular formula is C15H18ClNO5. The fourth-order valence-electron chi connectivity index (χ4n) is 1.71. The van der Waals surface area contributed by atoms with Crippen LogP contribution in [0, 0.1) is 0 Å². The maximum Gasteiger partial charge on any atom is 0.330 e. The van der Waals surface area contributed by atoms with Gasteiger partial charge in [0, 0.05) is 18.7 Å². The molecule has 0 aliphatic heterocycles. The minimum atomic E-state index is -0.585. The first-order chi connectivity index (χ1) is 10.5. The Kier molecular flexibility index (Phi) is 7.25.